The van der Waals surface area contributed by atoms with E-state index < -0.39 is 0 Å². The van der Waals surface area contributed by atoms with E-state index in [-0.39, 0.29) is 17.9 Å². The van der Waals surface area contributed by atoms with E-state index >= 15 is 0 Å². The Morgan fingerprint density at radius 2 is 2.09 bits per heavy atom. The topological polar surface area (TPSA) is 88.1 Å². The van der Waals surface area contributed by atoms with Gasteiger partial charge in [-0.25, -0.2) is 0 Å². The molecule has 1 unspecified atom stereocenters. The molecule has 0 aromatic carbocycles. The van der Waals surface area contributed by atoms with E-state index in [0.717, 1.165) is 19.3 Å². The van der Waals surface area contributed by atoms with Crippen molar-refractivity contribution in [3.8, 4) is 12.0 Å². The fraction of sp³-hybridized carbons (Fsp3) is 0.643. The van der Waals surface area contributed by atoms with Gasteiger partial charge in [0.05, 0.1) is 13.2 Å². The Morgan fingerprint density at radius 1 is 1.32 bits per heavy atom. The first-order valence-corrected chi connectivity index (χ1v) is 7.94. The van der Waals surface area contributed by atoms with Gasteiger partial charge < -0.3 is 15.2 Å². The van der Waals surface area contributed by atoms with Crippen LogP contribution in [0.4, 0.5) is 5.82 Å². The minimum absolute atomic E-state index is 0.0305. The molecule has 1 atom stereocenters. The summed E-state index contributed by atoms with van der Waals surface area (Å²) in [5.41, 5.74) is 7.10. The standard InChI is InChI=1S/C14H22ClN5O2/c1-4-6-9(2)22-13-18-11(16)10-12(19-13)20(8-5-7-15)14(17-10)21-3/h9H,4-8H2,1-3H3,(H2,16,18,19). The number of anilines is 1. The summed E-state index contributed by atoms with van der Waals surface area (Å²) in [6, 6.07) is 0.709. The van der Waals surface area contributed by atoms with Crippen LogP contribution in [0.15, 0.2) is 0 Å². The van der Waals surface area contributed by atoms with Crippen molar-refractivity contribution in [1.29, 1.82) is 0 Å². The number of aryl methyl sites for hydroxylation is 1. The lowest BCUT2D eigenvalue weighted by Gasteiger charge is -2.12. The molecule has 2 rings (SSSR count). The molecule has 2 heterocycles. The molecule has 0 aliphatic heterocycles. The average molecular weight is 328 g/mol. The number of methoxy groups -OCH3 is 1. The molecule has 0 fully saturated rings. The van der Waals surface area contributed by atoms with E-state index in [4.69, 9.17) is 26.8 Å². The monoisotopic (exact) mass is 327 g/mol. The normalized spacial score (nSPS) is 12.5. The quantitative estimate of drug-likeness (QED) is 0.750. The second-order valence-corrected chi connectivity index (χ2v) is 5.45. The van der Waals surface area contributed by atoms with Gasteiger partial charge >= 0.3 is 6.01 Å². The highest BCUT2D eigenvalue weighted by Gasteiger charge is 2.18. The van der Waals surface area contributed by atoms with Crippen LogP contribution in [0.5, 0.6) is 12.0 Å². The molecule has 0 bridgehead atoms. The molecule has 0 aliphatic rings. The maximum atomic E-state index is 5.98. The second kappa shape index (κ2) is 7.49. The number of rotatable bonds is 8. The van der Waals surface area contributed by atoms with E-state index in [9.17, 15) is 0 Å². The highest BCUT2D eigenvalue weighted by Crippen LogP contribution is 2.26. The second-order valence-electron chi connectivity index (χ2n) is 5.07. The summed E-state index contributed by atoms with van der Waals surface area (Å²) in [6.07, 6.45) is 2.76. The van der Waals surface area contributed by atoms with Gasteiger partial charge in [0.25, 0.3) is 6.01 Å². The minimum atomic E-state index is 0.0305. The Bertz CT molecular complexity index is 631. The van der Waals surface area contributed by atoms with Crippen LogP contribution in [-0.2, 0) is 6.54 Å². The molecule has 8 heteroatoms. The van der Waals surface area contributed by atoms with Crippen LogP contribution in [0.3, 0.4) is 0 Å². The summed E-state index contributed by atoms with van der Waals surface area (Å²) < 4.78 is 12.9. The van der Waals surface area contributed by atoms with E-state index in [0.29, 0.717) is 29.6 Å². The molecule has 2 aromatic rings. The number of aromatic nitrogens is 4. The van der Waals surface area contributed by atoms with E-state index in [2.05, 4.69) is 21.9 Å². The van der Waals surface area contributed by atoms with Gasteiger partial charge in [-0.1, -0.05) is 13.3 Å². The number of nitrogens with zero attached hydrogens (tertiary/aromatic N) is 4. The summed E-state index contributed by atoms with van der Waals surface area (Å²) in [6.45, 7) is 4.73. The molecule has 2 aromatic heterocycles. The Balaban J connectivity index is 2.41. The van der Waals surface area contributed by atoms with Crippen molar-refractivity contribution in [1.82, 2.24) is 19.5 Å². The molecule has 0 aliphatic carbocycles. The minimum Gasteiger partial charge on any atom is -0.468 e. The number of imidazole rings is 1. The van der Waals surface area contributed by atoms with Crippen molar-refractivity contribution in [2.24, 2.45) is 0 Å². The van der Waals surface area contributed by atoms with Crippen molar-refractivity contribution < 1.29 is 9.47 Å². The van der Waals surface area contributed by atoms with Crippen LogP contribution >= 0.6 is 11.6 Å². The molecule has 0 spiro atoms. The fourth-order valence-electron chi connectivity index (χ4n) is 2.25. The highest BCUT2D eigenvalue weighted by atomic mass is 35.5. The molecule has 0 radical (unpaired) electrons. The maximum absolute atomic E-state index is 5.98. The van der Waals surface area contributed by atoms with E-state index in [1.165, 1.54) is 0 Å². The Hall–Kier alpha value is -1.76. The third kappa shape index (κ3) is 3.52. The van der Waals surface area contributed by atoms with Crippen molar-refractivity contribution in [3.63, 3.8) is 0 Å². The molecular weight excluding hydrogens is 306 g/mol. The molecular formula is C14H22ClN5O2. The van der Waals surface area contributed by atoms with Gasteiger partial charge in [0, 0.05) is 12.4 Å². The lowest BCUT2D eigenvalue weighted by molar-refractivity contribution is 0.193. The number of hydrogen-bond acceptors (Lipinski definition) is 6. The zero-order valence-electron chi connectivity index (χ0n) is 13.2. The first-order valence-electron chi connectivity index (χ1n) is 7.41. The largest absolute Gasteiger partial charge is 0.468 e. The summed E-state index contributed by atoms with van der Waals surface area (Å²) in [5.74, 6) is 0.826. The first kappa shape index (κ1) is 16.6. The van der Waals surface area contributed by atoms with E-state index in [1.54, 1.807) is 7.11 Å². The average Bonchev–Trinajstić information content (AvgIpc) is 2.83. The van der Waals surface area contributed by atoms with Crippen LogP contribution in [-0.4, -0.2) is 38.6 Å². The first-order chi connectivity index (χ1) is 10.6. The number of halogens is 1. The van der Waals surface area contributed by atoms with Crippen LogP contribution in [0.2, 0.25) is 0 Å². The van der Waals surface area contributed by atoms with Crippen LogP contribution in [0, 0.1) is 0 Å². The Labute approximate surface area is 134 Å². The number of nitrogen functional groups attached to an aromatic ring is 1. The number of nitrogens with two attached hydrogens (primary N) is 1. The smallest absolute Gasteiger partial charge is 0.320 e. The predicted molar refractivity (Wildman–Crippen MR) is 86.6 cm³/mol. The van der Waals surface area contributed by atoms with Crippen LogP contribution < -0.4 is 15.2 Å². The number of ether oxygens (including phenoxy) is 2. The SMILES string of the molecule is CCCC(C)Oc1nc(N)c2nc(OC)n(CCCCl)c2n1. The third-order valence-corrected chi connectivity index (χ3v) is 3.53. The Kier molecular flexibility index (Phi) is 5.65. The van der Waals surface area contributed by atoms with Gasteiger partial charge in [0.1, 0.15) is 0 Å². The van der Waals surface area contributed by atoms with Crippen molar-refractivity contribution in [2.75, 3.05) is 18.7 Å². The number of fused-ring (bicyclic) bond motifs is 1. The van der Waals surface area contributed by atoms with Gasteiger partial charge in [-0.2, -0.15) is 15.0 Å². The van der Waals surface area contributed by atoms with Gasteiger partial charge in [-0.3, -0.25) is 4.57 Å². The molecule has 0 saturated carbocycles. The maximum Gasteiger partial charge on any atom is 0.320 e. The fourth-order valence-corrected chi connectivity index (χ4v) is 2.37. The zero-order valence-corrected chi connectivity index (χ0v) is 13.9. The lowest BCUT2D eigenvalue weighted by Crippen LogP contribution is -2.14. The van der Waals surface area contributed by atoms with E-state index in [1.807, 2.05) is 11.5 Å². The van der Waals surface area contributed by atoms with Gasteiger partial charge in [-0.05, 0) is 19.8 Å². The summed E-state index contributed by atoms with van der Waals surface area (Å²) in [4.78, 5) is 13.0. The van der Waals surface area contributed by atoms with Crippen molar-refractivity contribution in [2.45, 2.75) is 45.8 Å². The lowest BCUT2D eigenvalue weighted by atomic mass is 10.2. The number of alkyl halides is 1. The van der Waals surface area contributed by atoms with Crippen molar-refractivity contribution in [3.05, 3.63) is 0 Å². The predicted octanol–water partition coefficient (Wildman–Crippen LogP) is 2.61. The molecule has 7 nitrogen and oxygen atoms in total. The zero-order chi connectivity index (χ0) is 16.1. The van der Waals surface area contributed by atoms with Gasteiger partial charge in [0.15, 0.2) is 17.0 Å². The Morgan fingerprint density at radius 3 is 2.73 bits per heavy atom. The third-order valence-electron chi connectivity index (χ3n) is 3.27. The highest BCUT2D eigenvalue weighted by molar-refractivity contribution is 6.17. The van der Waals surface area contributed by atoms with Gasteiger partial charge in [0.2, 0.25) is 0 Å². The summed E-state index contributed by atoms with van der Waals surface area (Å²) >= 11 is 5.77. The molecule has 122 valence electrons. The van der Waals surface area contributed by atoms with Crippen molar-refractivity contribution >= 4 is 28.6 Å². The van der Waals surface area contributed by atoms with Gasteiger partial charge in [-0.15, -0.1) is 11.6 Å². The summed E-state index contributed by atoms with van der Waals surface area (Å²) in [5, 5.41) is 0. The molecule has 0 saturated heterocycles. The molecule has 22 heavy (non-hydrogen) atoms. The summed E-state index contributed by atoms with van der Waals surface area (Å²) in [7, 11) is 1.56. The molecule has 2 N–H and O–H groups in total. The van der Waals surface area contributed by atoms with Crippen LogP contribution in [0.25, 0.3) is 11.2 Å². The molecule has 0 amide bonds. The number of hydrogen-bond donors (Lipinski definition) is 1. The van der Waals surface area contributed by atoms with Crippen LogP contribution in [0.1, 0.15) is 33.1 Å².